The van der Waals surface area contributed by atoms with Gasteiger partial charge in [0.05, 0.1) is 12.9 Å². The fourth-order valence-electron chi connectivity index (χ4n) is 3.58. The minimum absolute atomic E-state index is 0.0579. The lowest BCUT2D eigenvalue weighted by molar-refractivity contribution is -0.114. The van der Waals surface area contributed by atoms with Crippen molar-refractivity contribution in [2.75, 3.05) is 23.5 Å². The van der Waals surface area contributed by atoms with Gasteiger partial charge in [0, 0.05) is 26.9 Å². The van der Waals surface area contributed by atoms with Crippen LogP contribution in [0.5, 0.6) is 5.75 Å². The molecule has 3 amide bonds. The van der Waals surface area contributed by atoms with Gasteiger partial charge in [0.1, 0.15) is 11.4 Å². The number of methoxy groups -OCH3 is 1. The van der Waals surface area contributed by atoms with Gasteiger partial charge in [-0.15, -0.1) is 11.8 Å². The maximum absolute atomic E-state index is 13.3. The van der Waals surface area contributed by atoms with E-state index in [4.69, 9.17) is 16.3 Å². The minimum Gasteiger partial charge on any atom is -0.497 e. The molecule has 0 radical (unpaired) electrons. The molecule has 0 fully saturated rings. The molecule has 0 heterocycles. The molecule has 4 rings (SSSR count). The number of ether oxygens (including phenoxy) is 1. The van der Waals surface area contributed by atoms with Crippen molar-refractivity contribution in [1.29, 1.82) is 0 Å². The monoisotopic (exact) mass is 571 g/mol. The molecule has 0 aliphatic heterocycles. The predicted octanol–water partition coefficient (Wildman–Crippen LogP) is 6.49. The summed E-state index contributed by atoms with van der Waals surface area (Å²) in [4.78, 5) is 39.4. The topological polar surface area (TPSA) is 96.5 Å². The van der Waals surface area contributed by atoms with Gasteiger partial charge in [0.25, 0.3) is 11.8 Å². The van der Waals surface area contributed by atoms with Crippen molar-refractivity contribution in [1.82, 2.24) is 5.32 Å². The Morgan fingerprint density at radius 3 is 2.33 bits per heavy atom. The summed E-state index contributed by atoms with van der Waals surface area (Å²) in [5.41, 5.74) is 2.32. The Bertz CT molecular complexity index is 1530. The highest BCUT2D eigenvalue weighted by atomic mass is 35.5. The van der Waals surface area contributed by atoms with Crippen molar-refractivity contribution < 1.29 is 19.1 Å². The molecule has 4 aromatic carbocycles. The Kier molecular flexibility index (Phi) is 9.99. The zero-order chi connectivity index (χ0) is 28.3. The fraction of sp³-hybridized carbons (Fsp3) is 0.0645. The number of thioether (sulfide) groups is 1. The molecule has 202 valence electrons. The fourth-order valence-corrected chi connectivity index (χ4v) is 4.46. The summed E-state index contributed by atoms with van der Waals surface area (Å²) in [6, 6.07) is 29.8. The Labute approximate surface area is 241 Å². The van der Waals surface area contributed by atoms with Crippen molar-refractivity contribution in [3.05, 3.63) is 125 Å². The van der Waals surface area contributed by atoms with Crippen molar-refractivity contribution >= 4 is 58.5 Å². The molecule has 40 heavy (non-hydrogen) atoms. The summed E-state index contributed by atoms with van der Waals surface area (Å²) in [6.07, 6.45) is 1.58. The molecule has 0 atom stereocenters. The molecular weight excluding hydrogens is 546 g/mol. The number of anilines is 2. The smallest absolute Gasteiger partial charge is 0.272 e. The van der Waals surface area contributed by atoms with Gasteiger partial charge < -0.3 is 20.7 Å². The van der Waals surface area contributed by atoms with E-state index in [0.717, 1.165) is 4.90 Å². The van der Waals surface area contributed by atoms with Crippen molar-refractivity contribution in [2.45, 2.75) is 4.90 Å². The molecule has 0 spiro atoms. The van der Waals surface area contributed by atoms with Gasteiger partial charge in [-0.2, -0.15) is 0 Å². The van der Waals surface area contributed by atoms with Crippen LogP contribution >= 0.6 is 23.4 Å². The summed E-state index contributed by atoms with van der Waals surface area (Å²) in [5.74, 6) is -0.300. The second-order valence-corrected chi connectivity index (χ2v) is 9.97. The number of carbonyl (C=O) groups excluding carboxylic acids is 3. The lowest BCUT2D eigenvalue weighted by Crippen LogP contribution is -2.30. The highest BCUT2D eigenvalue weighted by molar-refractivity contribution is 8.00. The molecule has 9 heteroatoms. The standard InChI is InChI=1S/C31H26ClN3O4S/c1-39-26-11-5-7-21(17-26)18-28(35-30(37)22-8-3-2-4-9-22)31(38)34-25-10-6-12-27(19-25)40-20-29(36)33-24-15-13-23(32)14-16-24/h2-19H,20H2,1H3,(H,33,36)(H,34,38)(H,35,37)/b28-18-. The second-order valence-electron chi connectivity index (χ2n) is 8.48. The first-order chi connectivity index (χ1) is 19.4. The van der Waals surface area contributed by atoms with Gasteiger partial charge in [0.2, 0.25) is 5.91 Å². The maximum atomic E-state index is 13.3. The van der Waals surface area contributed by atoms with E-state index in [1.807, 2.05) is 12.1 Å². The zero-order valence-electron chi connectivity index (χ0n) is 21.5. The van der Waals surface area contributed by atoms with E-state index in [9.17, 15) is 14.4 Å². The van der Waals surface area contributed by atoms with Crippen LogP contribution in [0.15, 0.2) is 114 Å². The third-order valence-corrected chi connectivity index (χ3v) is 6.77. The molecule has 0 saturated carbocycles. The average molecular weight is 572 g/mol. The van der Waals surface area contributed by atoms with E-state index in [-0.39, 0.29) is 17.4 Å². The molecular formula is C31H26ClN3O4S. The van der Waals surface area contributed by atoms with E-state index in [1.165, 1.54) is 11.8 Å². The van der Waals surface area contributed by atoms with E-state index in [0.29, 0.717) is 33.3 Å². The molecule has 0 bridgehead atoms. The quantitative estimate of drug-likeness (QED) is 0.149. The summed E-state index contributed by atoms with van der Waals surface area (Å²) in [7, 11) is 1.56. The normalized spacial score (nSPS) is 10.9. The molecule has 0 unspecified atom stereocenters. The number of hydrogen-bond donors (Lipinski definition) is 3. The van der Waals surface area contributed by atoms with Gasteiger partial charge >= 0.3 is 0 Å². The number of nitrogens with one attached hydrogen (secondary N) is 3. The first kappa shape index (κ1) is 28.5. The van der Waals surface area contributed by atoms with Gasteiger partial charge in [-0.3, -0.25) is 14.4 Å². The number of carbonyl (C=O) groups is 3. The lowest BCUT2D eigenvalue weighted by atomic mass is 10.1. The van der Waals surface area contributed by atoms with Crippen LogP contribution in [0.1, 0.15) is 15.9 Å². The van der Waals surface area contributed by atoms with Crippen LogP contribution < -0.4 is 20.7 Å². The number of amides is 3. The van der Waals surface area contributed by atoms with Crippen LogP contribution in [-0.2, 0) is 9.59 Å². The molecule has 7 nitrogen and oxygen atoms in total. The highest BCUT2D eigenvalue weighted by Crippen LogP contribution is 2.23. The number of halogens is 1. The Balaban J connectivity index is 1.46. The van der Waals surface area contributed by atoms with Crippen LogP contribution in [0.25, 0.3) is 6.08 Å². The van der Waals surface area contributed by atoms with Crippen LogP contribution in [0.2, 0.25) is 5.02 Å². The minimum atomic E-state index is -0.505. The predicted molar refractivity (Wildman–Crippen MR) is 161 cm³/mol. The molecule has 4 aromatic rings. The summed E-state index contributed by atoms with van der Waals surface area (Å²) in [6.45, 7) is 0. The first-order valence-corrected chi connectivity index (χ1v) is 13.6. The number of hydrogen-bond acceptors (Lipinski definition) is 5. The molecule has 0 saturated heterocycles. The van der Waals surface area contributed by atoms with Crippen molar-refractivity contribution in [2.24, 2.45) is 0 Å². The van der Waals surface area contributed by atoms with E-state index < -0.39 is 11.8 Å². The van der Waals surface area contributed by atoms with Crippen LogP contribution in [-0.4, -0.2) is 30.6 Å². The van der Waals surface area contributed by atoms with Gasteiger partial charge in [-0.25, -0.2) is 0 Å². The van der Waals surface area contributed by atoms with E-state index >= 15 is 0 Å². The Morgan fingerprint density at radius 2 is 1.57 bits per heavy atom. The SMILES string of the molecule is COc1cccc(/C=C(\NC(=O)c2ccccc2)C(=O)Nc2cccc(SCC(=O)Nc3ccc(Cl)cc3)c2)c1. The third kappa shape index (κ3) is 8.49. The Hall–Kier alpha value is -4.53. The third-order valence-electron chi connectivity index (χ3n) is 5.52. The van der Waals surface area contributed by atoms with Gasteiger partial charge in [-0.05, 0) is 78.4 Å². The molecule has 0 aliphatic rings. The van der Waals surface area contributed by atoms with Crippen LogP contribution in [0, 0.1) is 0 Å². The zero-order valence-corrected chi connectivity index (χ0v) is 23.1. The van der Waals surface area contributed by atoms with Crippen LogP contribution in [0.4, 0.5) is 11.4 Å². The van der Waals surface area contributed by atoms with Crippen molar-refractivity contribution in [3.8, 4) is 5.75 Å². The maximum Gasteiger partial charge on any atom is 0.272 e. The number of benzene rings is 4. The molecule has 0 aromatic heterocycles. The van der Waals surface area contributed by atoms with Crippen molar-refractivity contribution in [3.63, 3.8) is 0 Å². The highest BCUT2D eigenvalue weighted by Gasteiger charge is 2.16. The largest absolute Gasteiger partial charge is 0.497 e. The van der Waals surface area contributed by atoms with Gasteiger partial charge in [-0.1, -0.05) is 48.0 Å². The summed E-state index contributed by atoms with van der Waals surface area (Å²) < 4.78 is 5.28. The van der Waals surface area contributed by atoms with Gasteiger partial charge in [0.15, 0.2) is 0 Å². The summed E-state index contributed by atoms with van der Waals surface area (Å²) >= 11 is 7.22. The second kappa shape index (κ2) is 14.0. The van der Waals surface area contributed by atoms with E-state index in [2.05, 4.69) is 16.0 Å². The number of rotatable bonds is 10. The van der Waals surface area contributed by atoms with Crippen LogP contribution in [0.3, 0.4) is 0 Å². The van der Waals surface area contributed by atoms with E-state index in [1.54, 1.807) is 104 Å². The lowest BCUT2D eigenvalue weighted by Gasteiger charge is -2.12. The molecule has 0 aliphatic carbocycles. The first-order valence-electron chi connectivity index (χ1n) is 12.2. The average Bonchev–Trinajstić information content (AvgIpc) is 2.97. The summed E-state index contributed by atoms with van der Waals surface area (Å²) in [5, 5.41) is 8.97. The Morgan fingerprint density at radius 1 is 0.825 bits per heavy atom. The molecule has 3 N–H and O–H groups in total.